The fourth-order valence-electron chi connectivity index (χ4n) is 6.22. The van der Waals surface area contributed by atoms with E-state index in [1.807, 2.05) is 6.08 Å². The fourth-order valence-corrected chi connectivity index (χ4v) is 6.22. The molecular weight excluding hydrogens is 602 g/mol. The van der Waals surface area contributed by atoms with E-state index in [1.165, 1.54) is 154 Å². The molecule has 0 aliphatic rings. The van der Waals surface area contributed by atoms with E-state index in [0.717, 1.165) is 38.5 Å². The van der Waals surface area contributed by atoms with Crippen molar-refractivity contribution in [2.24, 2.45) is 0 Å². The number of rotatable bonds is 38. The Morgan fingerprint density at radius 1 is 0.490 bits per heavy atom. The molecule has 0 aliphatic heterocycles. The first-order valence-corrected chi connectivity index (χ1v) is 21.4. The second-order valence-corrected chi connectivity index (χ2v) is 14.4. The van der Waals surface area contributed by atoms with Crippen molar-refractivity contribution in [2.75, 3.05) is 6.61 Å². The third-order valence-corrected chi connectivity index (χ3v) is 9.53. The van der Waals surface area contributed by atoms with Gasteiger partial charge in [0.2, 0.25) is 5.91 Å². The Balaban J connectivity index is 3.53. The number of hydrogen-bond acceptors (Lipinski definition) is 3. The van der Waals surface area contributed by atoms with Crippen LogP contribution in [-0.4, -0.2) is 34.9 Å². The Kier molecular flexibility index (Phi) is 39.4. The summed E-state index contributed by atoms with van der Waals surface area (Å²) in [6, 6.07) is -0.638. The van der Waals surface area contributed by atoms with Gasteiger partial charge in [0.15, 0.2) is 0 Å². The summed E-state index contributed by atoms with van der Waals surface area (Å²) < 4.78 is 0. The third-order valence-electron chi connectivity index (χ3n) is 9.53. The van der Waals surface area contributed by atoms with Crippen molar-refractivity contribution >= 4 is 5.91 Å². The lowest BCUT2D eigenvalue weighted by molar-refractivity contribution is -0.123. The average Bonchev–Trinajstić information content (AvgIpc) is 3.10. The fraction of sp³-hybridized carbons (Fsp3) is 0.800. The highest BCUT2D eigenvalue weighted by molar-refractivity contribution is 5.76. The smallest absolute Gasteiger partial charge is 0.220 e. The number of aliphatic hydroxyl groups excluding tert-OH is 2. The van der Waals surface area contributed by atoms with E-state index in [2.05, 4.69) is 55.6 Å². The maximum absolute atomic E-state index is 12.3. The first-order chi connectivity index (χ1) is 24.2. The second-order valence-electron chi connectivity index (χ2n) is 14.4. The van der Waals surface area contributed by atoms with Crippen LogP contribution in [0.2, 0.25) is 0 Å². The van der Waals surface area contributed by atoms with E-state index in [-0.39, 0.29) is 12.5 Å². The summed E-state index contributed by atoms with van der Waals surface area (Å²) in [5.74, 6) is -0.0792. The van der Waals surface area contributed by atoms with Crippen molar-refractivity contribution in [2.45, 2.75) is 225 Å². The highest BCUT2D eigenvalue weighted by Gasteiger charge is 2.17. The van der Waals surface area contributed by atoms with Crippen LogP contribution in [0.15, 0.2) is 48.6 Å². The highest BCUT2D eigenvalue weighted by atomic mass is 16.3. The standard InChI is InChI=1S/C45H83NO3/c1-3-5-7-9-11-13-15-16-17-18-19-20-21-22-23-24-25-26-27-28-29-30-31-33-35-37-39-41-45(49)46-43(42-47)44(48)40-38-36-34-32-14-12-10-8-6-4-2/h14,19-20,22-23,32,38,40,43-44,47-48H,3-13,15-18,21,24-31,33-37,39,41-42H2,1-2H3,(H,46,49)/b20-19-,23-22-,32-14+,40-38+. The zero-order chi connectivity index (χ0) is 35.7. The minimum absolute atomic E-state index is 0.0792. The number of nitrogens with one attached hydrogen (secondary N) is 1. The van der Waals surface area contributed by atoms with E-state index in [0.29, 0.717) is 6.42 Å². The first-order valence-electron chi connectivity index (χ1n) is 21.4. The number of allylic oxidation sites excluding steroid dienone is 7. The Morgan fingerprint density at radius 2 is 0.857 bits per heavy atom. The predicted molar refractivity (Wildman–Crippen MR) is 216 cm³/mol. The molecule has 0 aromatic heterocycles. The van der Waals surface area contributed by atoms with E-state index >= 15 is 0 Å². The number of aliphatic hydroxyl groups is 2. The molecule has 2 atom stereocenters. The van der Waals surface area contributed by atoms with Gasteiger partial charge in [0.1, 0.15) is 0 Å². The van der Waals surface area contributed by atoms with Gasteiger partial charge < -0.3 is 15.5 Å². The van der Waals surface area contributed by atoms with E-state index < -0.39 is 12.1 Å². The maximum Gasteiger partial charge on any atom is 0.220 e. The molecular formula is C45H83NO3. The molecule has 0 rings (SSSR count). The molecule has 0 aliphatic carbocycles. The number of carbonyl (C=O) groups excluding carboxylic acids is 1. The van der Waals surface area contributed by atoms with E-state index in [4.69, 9.17) is 0 Å². The lowest BCUT2D eigenvalue weighted by Crippen LogP contribution is -2.45. The molecule has 49 heavy (non-hydrogen) atoms. The number of hydrogen-bond donors (Lipinski definition) is 3. The van der Waals surface area contributed by atoms with Gasteiger partial charge in [0.05, 0.1) is 18.8 Å². The van der Waals surface area contributed by atoms with Crippen molar-refractivity contribution in [3.8, 4) is 0 Å². The van der Waals surface area contributed by atoms with Gasteiger partial charge in [-0.15, -0.1) is 0 Å². The summed E-state index contributed by atoms with van der Waals surface area (Å²) in [6.45, 7) is 4.26. The molecule has 0 heterocycles. The maximum atomic E-state index is 12.3. The van der Waals surface area contributed by atoms with Crippen LogP contribution in [0.1, 0.15) is 213 Å². The molecule has 286 valence electrons. The summed E-state index contributed by atoms with van der Waals surface area (Å²) in [6.07, 6.45) is 55.1. The van der Waals surface area contributed by atoms with Gasteiger partial charge in [0, 0.05) is 6.42 Å². The molecule has 2 unspecified atom stereocenters. The van der Waals surface area contributed by atoms with E-state index in [1.54, 1.807) is 6.08 Å². The van der Waals surface area contributed by atoms with Gasteiger partial charge in [-0.05, 0) is 64.2 Å². The summed E-state index contributed by atoms with van der Waals surface area (Å²) >= 11 is 0. The monoisotopic (exact) mass is 686 g/mol. The average molecular weight is 686 g/mol. The molecule has 0 aromatic rings. The van der Waals surface area contributed by atoms with Crippen LogP contribution in [-0.2, 0) is 4.79 Å². The van der Waals surface area contributed by atoms with Crippen LogP contribution in [0, 0.1) is 0 Å². The van der Waals surface area contributed by atoms with Crippen LogP contribution in [0.5, 0.6) is 0 Å². The quantitative estimate of drug-likeness (QED) is 0.0447. The third kappa shape index (κ3) is 37.4. The van der Waals surface area contributed by atoms with Gasteiger partial charge >= 0.3 is 0 Å². The van der Waals surface area contributed by atoms with Crippen molar-refractivity contribution in [3.63, 3.8) is 0 Å². The number of amides is 1. The van der Waals surface area contributed by atoms with Crippen LogP contribution in [0.4, 0.5) is 0 Å². The molecule has 4 nitrogen and oxygen atoms in total. The molecule has 0 radical (unpaired) electrons. The van der Waals surface area contributed by atoms with Crippen LogP contribution in [0.25, 0.3) is 0 Å². The van der Waals surface area contributed by atoms with Crippen LogP contribution >= 0.6 is 0 Å². The van der Waals surface area contributed by atoms with Gasteiger partial charge in [-0.3, -0.25) is 4.79 Å². The zero-order valence-corrected chi connectivity index (χ0v) is 32.7. The van der Waals surface area contributed by atoms with Crippen molar-refractivity contribution in [1.29, 1.82) is 0 Å². The normalized spacial score (nSPS) is 13.5. The summed E-state index contributed by atoms with van der Waals surface area (Å²) in [5, 5.41) is 22.8. The molecule has 0 saturated carbocycles. The Labute approximate surface area is 305 Å². The molecule has 4 heteroatoms. The van der Waals surface area contributed by atoms with Crippen molar-refractivity contribution in [1.82, 2.24) is 5.32 Å². The number of carbonyl (C=O) groups is 1. The predicted octanol–water partition coefficient (Wildman–Crippen LogP) is 13.2. The summed E-state index contributed by atoms with van der Waals surface area (Å²) in [7, 11) is 0. The molecule has 0 spiro atoms. The second kappa shape index (κ2) is 40.8. The lowest BCUT2D eigenvalue weighted by Gasteiger charge is -2.19. The minimum Gasteiger partial charge on any atom is -0.394 e. The molecule has 0 fully saturated rings. The van der Waals surface area contributed by atoms with E-state index in [9.17, 15) is 15.0 Å². The molecule has 0 aromatic carbocycles. The number of unbranched alkanes of at least 4 members (excludes halogenated alkanes) is 25. The Bertz CT molecular complexity index is 786. The SMILES string of the molecule is CCCCCC/C=C/CC/C=C/C(O)C(CO)NC(=O)CCCCCCCCCCCCC/C=C\C/C=C\CCCCCCCCCCC. The van der Waals surface area contributed by atoms with Crippen LogP contribution < -0.4 is 5.32 Å². The summed E-state index contributed by atoms with van der Waals surface area (Å²) in [4.78, 5) is 12.3. The molecule has 0 bridgehead atoms. The lowest BCUT2D eigenvalue weighted by atomic mass is 10.0. The van der Waals surface area contributed by atoms with Gasteiger partial charge in [0.25, 0.3) is 0 Å². The van der Waals surface area contributed by atoms with Crippen LogP contribution in [0.3, 0.4) is 0 Å². The molecule has 1 amide bonds. The van der Waals surface area contributed by atoms with Crippen molar-refractivity contribution in [3.05, 3.63) is 48.6 Å². The van der Waals surface area contributed by atoms with Crippen molar-refractivity contribution < 1.29 is 15.0 Å². The van der Waals surface area contributed by atoms with Gasteiger partial charge in [-0.2, -0.15) is 0 Å². The highest BCUT2D eigenvalue weighted by Crippen LogP contribution is 2.14. The topological polar surface area (TPSA) is 69.6 Å². The largest absolute Gasteiger partial charge is 0.394 e. The summed E-state index contributed by atoms with van der Waals surface area (Å²) in [5.41, 5.74) is 0. The van der Waals surface area contributed by atoms with Gasteiger partial charge in [-0.1, -0.05) is 191 Å². The Morgan fingerprint density at radius 3 is 1.33 bits per heavy atom. The Hall–Kier alpha value is -1.65. The first kappa shape index (κ1) is 47.4. The molecule has 0 saturated heterocycles. The zero-order valence-electron chi connectivity index (χ0n) is 32.7. The molecule has 3 N–H and O–H groups in total. The minimum atomic E-state index is -0.861. The van der Waals surface area contributed by atoms with Gasteiger partial charge in [-0.25, -0.2) is 0 Å².